The van der Waals surface area contributed by atoms with Gasteiger partial charge in [-0.15, -0.1) is 0 Å². The quantitative estimate of drug-likeness (QED) is 0.0671. The number of benzene rings is 6. The molecular weight excluding hydrogens is 701 g/mol. The van der Waals surface area contributed by atoms with Crippen molar-refractivity contribution in [3.05, 3.63) is 212 Å². The van der Waals surface area contributed by atoms with E-state index in [1.165, 1.54) is 12.8 Å². The van der Waals surface area contributed by atoms with Crippen LogP contribution in [0.25, 0.3) is 48.6 Å². The first kappa shape index (κ1) is 40.1. The molecule has 0 amide bonds. The third-order valence-corrected chi connectivity index (χ3v) is 9.47. The van der Waals surface area contributed by atoms with Gasteiger partial charge in [-0.1, -0.05) is 182 Å². The summed E-state index contributed by atoms with van der Waals surface area (Å²) in [6.07, 6.45) is 23.2. The van der Waals surface area contributed by atoms with Crippen molar-refractivity contribution in [1.29, 1.82) is 10.5 Å². The second kappa shape index (κ2) is 22.1. The molecule has 0 fully saturated rings. The summed E-state index contributed by atoms with van der Waals surface area (Å²) in [5, 5.41) is 17.9. The normalized spacial score (nSPS) is 10.9. The van der Waals surface area contributed by atoms with Crippen LogP contribution >= 0.6 is 0 Å². The van der Waals surface area contributed by atoms with Crippen LogP contribution in [0.1, 0.15) is 105 Å². The lowest BCUT2D eigenvalue weighted by atomic mass is 10.1. The summed E-state index contributed by atoms with van der Waals surface area (Å²) in [6.45, 7) is 0. The van der Waals surface area contributed by atoms with E-state index in [2.05, 4.69) is 181 Å². The molecule has 6 rings (SSSR count). The maximum atomic E-state index is 8.96. The van der Waals surface area contributed by atoms with Gasteiger partial charge in [-0.2, -0.15) is 10.5 Å². The number of hydrogen-bond donors (Lipinski definition) is 0. The lowest BCUT2D eigenvalue weighted by Crippen LogP contribution is -1.80. The van der Waals surface area contributed by atoms with Crippen LogP contribution in [-0.2, 0) is 0 Å². The van der Waals surface area contributed by atoms with E-state index in [1.54, 1.807) is 0 Å². The lowest BCUT2D eigenvalue weighted by Gasteiger charge is -1.98. The fourth-order valence-corrected chi connectivity index (χ4v) is 6.01. The van der Waals surface area contributed by atoms with Crippen LogP contribution in [0.2, 0.25) is 0 Å². The number of unbranched alkanes of at least 4 members (excludes halogenated alkanes) is 5. The van der Waals surface area contributed by atoms with Crippen molar-refractivity contribution in [2.45, 2.75) is 38.5 Å². The molecule has 0 radical (unpaired) electrons. The predicted octanol–water partition coefficient (Wildman–Crippen LogP) is 13.9. The second-order valence-electron chi connectivity index (χ2n) is 13.9. The number of nitriles is 2. The minimum absolute atomic E-state index is 0.670. The zero-order chi connectivity index (χ0) is 40.0. The fraction of sp³-hybridized carbons (Fsp3) is 0.107. The Kier molecular flexibility index (Phi) is 15.2. The van der Waals surface area contributed by atoms with E-state index in [0.717, 1.165) is 81.3 Å². The first-order valence-electron chi connectivity index (χ1n) is 19.7. The summed E-state index contributed by atoms with van der Waals surface area (Å²) in [5.74, 6) is 13.3. The average molecular weight is 745 g/mol. The van der Waals surface area contributed by atoms with Crippen LogP contribution in [0, 0.1) is 46.3 Å². The maximum absolute atomic E-state index is 8.96. The zero-order valence-corrected chi connectivity index (χ0v) is 32.6. The molecule has 0 heterocycles. The molecule has 58 heavy (non-hydrogen) atoms. The van der Waals surface area contributed by atoms with Crippen LogP contribution in [0.4, 0.5) is 0 Å². The SMILES string of the molecule is N#Cc1ccc(/C=C/c2ccc(/C=C/c3ccc(C#CCCCCCCC#Cc4ccc(/C=C/c5ccc(/C=C/c6ccc(C#N)cc6)cc5)cc4)cc3)cc2)cc1. The summed E-state index contributed by atoms with van der Waals surface area (Å²) >= 11 is 0. The smallest absolute Gasteiger partial charge is 0.0991 e. The van der Waals surface area contributed by atoms with E-state index in [-0.39, 0.29) is 0 Å². The summed E-state index contributed by atoms with van der Waals surface area (Å²) in [6, 6.07) is 53.2. The van der Waals surface area contributed by atoms with Gasteiger partial charge >= 0.3 is 0 Å². The van der Waals surface area contributed by atoms with Gasteiger partial charge in [-0.3, -0.25) is 0 Å². The van der Waals surface area contributed by atoms with Crippen molar-refractivity contribution in [1.82, 2.24) is 0 Å². The predicted molar refractivity (Wildman–Crippen MR) is 245 cm³/mol. The molecule has 6 aromatic rings. The van der Waals surface area contributed by atoms with Crippen LogP contribution in [-0.4, -0.2) is 0 Å². The number of nitrogens with zero attached hydrogens (tertiary/aromatic N) is 2. The van der Waals surface area contributed by atoms with Gasteiger partial charge < -0.3 is 0 Å². The van der Waals surface area contributed by atoms with Gasteiger partial charge in [0, 0.05) is 24.0 Å². The molecule has 0 saturated carbocycles. The molecule has 6 aromatic carbocycles. The molecule has 0 bridgehead atoms. The Balaban J connectivity index is 0.834. The molecule has 0 N–H and O–H groups in total. The Morgan fingerprint density at radius 1 is 0.276 bits per heavy atom. The highest BCUT2D eigenvalue weighted by atomic mass is 14.2. The molecule has 0 aliphatic heterocycles. The topological polar surface area (TPSA) is 47.6 Å². The van der Waals surface area contributed by atoms with Crippen LogP contribution in [0.5, 0.6) is 0 Å². The maximum Gasteiger partial charge on any atom is 0.0991 e. The van der Waals surface area contributed by atoms with E-state index in [0.29, 0.717) is 11.1 Å². The Hall–Kier alpha value is -7.62. The van der Waals surface area contributed by atoms with Gasteiger partial charge in [0.05, 0.1) is 23.3 Å². The molecule has 2 nitrogen and oxygen atoms in total. The Morgan fingerprint density at radius 3 is 0.707 bits per heavy atom. The van der Waals surface area contributed by atoms with E-state index < -0.39 is 0 Å². The second-order valence-corrected chi connectivity index (χ2v) is 13.9. The third kappa shape index (κ3) is 13.6. The first-order valence-corrected chi connectivity index (χ1v) is 19.7. The minimum Gasteiger partial charge on any atom is -0.192 e. The van der Waals surface area contributed by atoms with Crippen LogP contribution in [0.15, 0.2) is 146 Å². The number of rotatable bonds is 13. The third-order valence-electron chi connectivity index (χ3n) is 9.47. The average Bonchev–Trinajstić information content (AvgIpc) is 3.28. The van der Waals surface area contributed by atoms with Crippen molar-refractivity contribution in [2.75, 3.05) is 0 Å². The van der Waals surface area contributed by atoms with E-state index >= 15 is 0 Å². The summed E-state index contributed by atoms with van der Waals surface area (Å²) in [5.41, 5.74) is 12.4. The number of hydrogen-bond acceptors (Lipinski definition) is 2. The van der Waals surface area contributed by atoms with Crippen molar-refractivity contribution >= 4 is 48.6 Å². The van der Waals surface area contributed by atoms with Gasteiger partial charge in [-0.25, -0.2) is 0 Å². The van der Waals surface area contributed by atoms with E-state index in [9.17, 15) is 0 Å². The minimum atomic E-state index is 0.670. The van der Waals surface area contributed by atoms with Gasteiger partial charge in [-0.05, 0) is 106 Å². The van der Waals surface area contributed by atoms with Crippen LogP contribution in [0.3, 0.4) is 0 Å². The van der Waals surface area contributed by atoms with Gasteiger partial charge in [0.1, 0.15) is 0 Å². The molecule has 0 saturated heterocycles. The highest BCUT2D eigenvalue weighted by Gasteiger charge is 1.96. The Labute approximate surface area is 344 Å². The van der Waals surface area contributed by atoms with Crippen molar-refractivity contribution < 1.29 is 0 Å². The summed E-state index contributed by atoms with van der Waals surface area (Å²) in [4.78, 5) is 0. The highest BCUT2D eigenvalue weighted by Crippen LogP contribution is 2.16. The fourth-order valence-electron chi connectivity index (χ4n) is 6.01. The Bertz CT molecular complexity index is 2380. The largest absolute Gasteiger partial charge is 0.192 e. The van der Waals surface area contributed by atoms with E-state index in [4.69, 9.17) is 10.5 Å². The Morgan fingerprint density at radius 2 is 0.483 bits per heavy atom. The molecule has 2 heteroatoms. The molecule has 0 unspecified atom stereocenters. The standard InChI is InChI=1S/C56H44N2/c57-43-55-39-35-53(36-40-55)33-31-51-27-23-49(24-28-51)21-19-47-15-11-45(12-16-47)9-7-5-3-1-2-4-6-8-10-46-13-17-48(18-14-46)20-22-50-25-29-52(30-26-50)32-34-54-37-41-56(44-58)42-38-54/h11-42H,1-6H2/b21-19+,22-20+,33-31+,34-32+. The molecule has 0 aliphatic rings. The monoisotopic (exact) mass is 744 g/mol. The van der Waals surface area contributed by atoms with Crippen molar-refractivity contribution in [2.24, 2.45) is 0 Å². The molecule has 0 atom stereocenters. The molecule has 278 valence electrons. The zero-order valence-electron chi connectivity index (χ0n) is 32.6. The summed E-state index contributed by atoms with van der Waals surface area (Å²) in [7, 11) is 0. The molecule has 0 aliphatic carbocycles. The van der Waals surface area contributed by atoms with Crippen molar-refractivity contribution in [3.63, 3.8) is 0 Å². The molecular formula is C56H44N2. The van der Waals surface area contributed by atoms with Gasteiger partial charge in [0.15, 0.2) is 0 Å². The first-order chi connectivity index (χ1) is 28.6. The van der Waals surface area contributed by atoms with Crippen molar-refractivity contribution in [3.8, 4) is 35.8 Å². The molecule has 0 spiro atoms. The van der Waals surface area contributed by atoms with E-state index in [1.807, 2.05) is 48.5 Å². The molecule has 0 aromatic heterocycles. The van der Waals surface area contributed by atoms with Gasteiger partial charge in [0.2, 0.25) is 0 Å². The lowest BCUT2D eigenvalue weighted by molar-refractivity contribution is 0.661. The van der Waals surface area contributed by atoms with Crippen LogP contribution < -0.4 is 0 Å². The summed E-state index contributed by atoms with van der Waals surface area (Å²) < 4.78 is 0. The highest BCUT2D eigenvalue weighted by molar-refractivity contribution is 5.75. The van der Waals surface area contributed by atoms with Gasteiger partial charge in [0.25, 0.3) is 0 Å².